The maximum absolute atomic E-state index is 13.5. The van der Waals surface area contributed by atoms with E-state index < -0.39 is 26.6 Å². The molecule has 0 rings (SSSR count). The summed E-state index contributed by atoms with van der Waals surface area (Å²) in [7, 11) is 1.15. The molecule has 0 saturated carbocycles. The van der Waals surface area contributed by atoms with Crippen LogP contribution in [0.1, 0.15) is 245 Å². The molecule has 0 spiro atoms. The Labute approximate surface area is 444 Å². The minimum atomic E-state index is -4.71. The number of rotatable bonds is 52. The molecule has 0 aliphatic rings. The number of phosphoric acid groups is 1. The monoisotopic (exact) mass is 1030 g/mol. The van der Waals surface area contributed by atoms with Gasteiger partial charge >= 0.3 is 5.97 Å². The first kappa shape index (κ1) is 69.2. The second-order valence-corrected chi connectivity index (χ2v) is 22.2. The molecule has 3 atom stereocenters. The molecule has 0 heterocycles. The molecule has 0 aliphatic carbocycles. The van der Waals surface area contributed by atoms with Gasteiger partial charge in [0.15, 0.2) is 0 Å². The van der Waals surface area contributed by atoms with Crippen LogP contribution in [-0.4, -0.2) is 69.4 Å². The van der Waals surface area contributed by atoms with Crippen molar-refractivity contribution in [2.75, 3.05) is 40.9 Å². The third-order valence-electron chi connectivity index (χ3n) is 12.6. The maximum atomic E-state index is 13.5. The van der Waals surface area contributed by atoms with E-state index in [1.807, 2.05) is 33.3 Å². The molecule has 0 radical (unpaired) electrons. The lowest BCUT2D eigenvalue weighted by Crippen LogP contribution is -2.47. The number of unbranched alkanes of at least 4 members (excludes halogenated alkanes) is 24. The second-order valence-electron chi connectivity index (χ2n) is 20.8. The fourth-order valence-electron chi connectivity index (χ4n) is 8.01. The molecule has 9 nitrogen and oxygen atoms in total. The number of nitrogens with zero attached hydrogens (tertiary/aromatic N) is 1. The molecule has 0 aromatic heterocycles. The van der Waals surface area contributed by atoms with Crippen LogP contribution >= 0.6 is 7.82 Å². The Kier molecular flexibility index (Phi) is 49.6. The van der Waals surface area contributed by atoms with Crippen molar-refractivity contribution >= 4 is 19.7 Å². The van der Waals surface area contributed by atoms with Crippen molar-refractivity contribution in [2.45, 2.75) is 258 Å². The van der Waals surface area contributed by atoms with E-state index in [-0.39, 0.29) is 31.3 Å². The number of hydrogen-bond acceptors (Lipinski definition) is 7. The van der Waals surface area contributed by atoms with Crippen LogP contribution in [0.4, 0.5) is 0 Å². The molecule has 1 N–H and O–H groups in total. The Bertz CT molecular complexity index is 1510. The molecule has 10 heteroatoms. The quantitative estimate of drug-likeness (QED) is 0.0212. The van der Waals surface area contributed by atoms with E-state index in [9.17, 15) is 19.0 Å². The molecule has 0 saturated heterocycles. The molecule has 0 fully saturated rings. The van der Waals surface area contributed by atoms with E-state index in [1.54, 1.807) is 0 Å². The van der Waals surface area contributed by atoms with Crippen LogP contribution < -0.4 is 10.2 Å². The predicted octanol–water partition coefficient (Wildman–Crippen LogP) is 17.2. The van der Waals surface area contributed by atoms with Gasteiger partial charge in [0.05, 0.1) is 33.8 Å². The Morgan fingerprint density at radius 1 is 0.500 bits per heavy atom. The number of carbonyl (C=O) groups is 2. The maximum Gasteiger partial charge on any atom is 0.306 e. The molecule has 416 valence electrons. The first-order chi connectivity index (χ1) is 34.9. The minimum Gasteiger partial charge on any atom is -0.756 e. The van der Waals surface area contributed by atoms with E-state index in [0.29, 0.717) is 23.9 Å². The van der Waals surface area contributed by atoms with Gasteiger partial charge in [-0.15, -0.1) is 0 Å². The number of quaternary nitrogens is 1. The van der Waals surface area contributed by atoms with Crippen LogP contribution in [0, 0.1) is 0 Å². The highest BCUT2D eigenvalue weighted by atomic mass is 31.2. The largest absolute Gasteiger partial charge is 0.756 e. The van der Waals surface area contributed by atoms with Gasteiger partial charge in [0, 0.05) is 12.8 Å². The molecule has 0 bridgehead atoms. The molecule has 0 aromatic rings. The van der Waals surface area contributed by atoms with Crippen molar-refractivity contribution in [3.05, 3.63) is 85.1 Å². The highest BCUT2D eigenvalue weighted by Gasteiger charge is 2.27. The summed E-state index contributed by atoms with van der Waals surface area (Å²) in [6.07, 6.45) is 66.9. The lowest BCUT2D eigenvalue weighted by molar-refractivity contribution is -0.870. The molecule has 72 heavy (non-hydrogen) atoms. The lowest BCUT2D eigenvalue weighted by atomic mass is 10.0. The first-order valence-corrected chi connectivity index (χ1v) is 30.9. The molecular formula is C62H111N2O7P. The Morgan fingerprint density at radius 3 is 1.36 bits per heavy atom. The van der Waals surface area contributed by atoms with Gasteiger partial charge in [0.2, 0.25) is 5.91 Å². The van der Waals surface area contributed by atoms with E-state index in [2.05, 4.69) is 99.0 Å². The van der Waals surface area contributed by atoms with E-state index in [4.69, 9.17) is 13.8 Å². The number of likely N-dealkylation sites (N-methyl/N-ethyl adjacent to an activating group) is 1. The van der Waals surface area contributed by atoms with Crippen molar-refractivity contribution in [2.24, 2.45) is 0 Å². The van der Waals surface area contributed by atoms with Gasteiger partial charge in [0.1, 0.15) is 19.3 Å². The van der Waals surface area contributed by atoms with Gasteiger partial charge in [-0.2, -0.15) is 0 Å². The highest BCUT2D eigenvalue weighted by molar-refractivity contribution is 7.45. The van der Waals surface area contributed by atoms with Crippen LogP contribution in [0.2, 0.25) is 0 Å². The van der Waals surface area contributed by atoms with Gasteiger partial charge in [-0.3, -0.25) is 14.2 Å². The molecule has 0 aromatic carbocycles. The van der Waals surface area contributed by atoms with Crippen molar-refractivity contribution in [1.82, 2.24) is 5.32 Å². The standard InChI is InChI=1S/C62H111N2O7P/c1-7-10-13-16-19-22-25-28-29-30-31-32-33-34-35-37-39-42-45-48-51-54-61(65)63-59(58-70-72(67,68)69-57-56-64(4,5)6)60(53-50-47-44-41-38-27-24-21-18-15-12-9-3)71-62(66)55-52-49-46-43-40-36-26-23-20-17-14-11-8-2/h10,13,19,22,28-29,31-32,34-36,40,50,53,59-60H,7-9,11-12,14-18,20-21,23-27,30,33,37-39,41-49,51-52,54-58H2,1-6H3,(H-,63,65,67,68)/b13-10-,22-19-,29-28-,32-31-,35-34-,40-36-,53-50-. The number of phosphoric ester groups is 1. The smallest absolute Gasteiger partial charge is 0.306 e. The van der Waals surface area contributed by atoms with E-state index >= 15 is 0 Å². The average molecular weight is 1030 g/mol. The van der Waals surface area contributed by atoms with Crippen molar-refractivity contribution < 1.29 is 37.3 Å². The SMILES string of the molecule is CC/C=C\C/C=C\C/C=C\C/C=C\C/C=C\CCCCCCCC(=O)NC(COP(=O)([O-])OCC[N+](C)(C)C)C(/C=C\CCCCCCCCCCCC)OC(=O)CCCCC/C=C\CCCCCCCC. The number of ether oxygens (including phenoxy) is 1. The van der Waals surface area contributed by atoms with Crippen LogP contribution in [0.15, 0.2) is 85.1 Å². The fraction of sp³-hybridized carbons (Fsp3) is 0.742. The molecule has 0 aliphatic heterocycles. The van der Waals surface area contributed by atoms with Crippen molar-refractivity contribution in [1.29, 1.82) is 0 Å². The zero-order valence-corrected chi connectivity index (χ0v) is 48.3. The summed E-state index contributed by atoms with van der Waals surface area (Å²) >= 11 is 0. The number of nitrogens with one attached hydrogen (secondary N) is 1. The zero-order valence-electron chi connectivity index (χ0n) is 47.4. The third-order valence-corrected chi connectivity index (χ3v) is 13.5. The van der Waals surface area contributed by atoms with Gasteiger partial charge in [-0.05, 0) is 102 Å². The van der Waals surface area contributed by atoms with Gasteiger partial charge in [-0.1, -0.05) is 215 Å². The number of allylic oxidation sites excluding steroid dienone is 13. The second kappa shape index (κ2) is 51.7. The lowest BCUT2D eigenvalue weighted by Gasteiger charge is -2.30. The summed E-state index contributed by atoms with van der Waals surface area (Å²) in [5, 5.41) is 3.01. The van der Waals surface area contributed by atoms with Crippen molar-refractivity contribution in [3.8, 4) is 0 Å². The first-order valence-electron chi connectivity index (χ1n) is 29.4. The predicted molar refractivity (Wildman–Crippen MR) is 307 cm³/mol. The van der Waals surface area contributed by atoms with Crippen molar-refractivity contribution in [3.63, 3.8) is 0 Å². The normalized spacial score (nSPS) is 14.4. The third kappa shape index (κ3) is 52.1. The highest BCUT2D eigenvalue weighted by Crippen LogP contribution is 2.38. The van der Waals surface area contributed by atoms with Crippen LogP contribution in [0.5, 0.6) is 0 Å². The summed E-state index contributed by atoms with van der Waals surface area (Å²) in [5.74, 6) is -0.585. The van der Waals surface area contributed by atoms with Gasteiger partial charge in [-0.25, -0.2) is 0 Å². The summed E-state index contributed by atoms with van der Waals surface area (Å²) < 4.78 is 30.2. The Morgan fingerprint density at radius 2 is 0.889 bits per heavy atom. The van der Waals surface area contributed by atoms with Gasteiger partial charge < -0.3 is 28.5 Å². The fourth-order valence-corrected chi connectivity index (χ4v) is 8.74. The summed E-state index contributed by atoms with van der Waals surface area (Å²) in [6.45, 7) is 6.68. The van der Waals surface area contributed by atoms with Crippen LogP contribution in [0.25, 0.3) is 0 Å². The van der Waals surface area contributed by atoms with Crippen LogP contribution in [-0.2, 0) is 27.9 Å². The van der Waals surface area contributed by atoms with Gasteiger partial charge in [0.25, 0.3) is 7.82 Å². The number of hydrogen-bond donors (Lipinski definition) is 1. The van der Waals surface area contributed by atoms with E-state index in [1.165, 1.54) is 89.9 Å². The topological polar surface area (TPSA) is 114 Å². The Balaban J connectivity index is 5.34. The zero-order chi connectivity index (χ0) is 52.9. The molecule has 3 unspecified atom stereocenters. The molecule has 1 amide bonds. The number of carbonyl (C=O) groups excluding carboxylic acids is 2. The Hall–Kier alpha value is -2.81. The number of esters is 1. The summed E-state index contributed by atoms with van der Waals surface area (Å²) in [6, 6.07) is -0.907. The van der Waals surface area contributed by atoms with E-state index in [0.717, 1.165) is 109 Å². The minimum absolute atomic E-state index is 0.0320. The number of amides is 1. The van der Waals surface area contributed by atoms with Crippen LogP contribution in [0.3, 0.4) is 0 Å². The summed E-state index contributed by atoms with van der Waals surface area (Å²) in [5.41, 5.74) is 0. The summed E-state index contributed by atoms with van der Waals surface area (Å²) in [4.78, 5) is 39.9. The average Bonchev–Trinajstić information content (AvgIpc) is 3.34. The molecular weight excluding hydrogens is 916 g/mol.